The maximum atomic E-state index is 13.3. The standard InChI is InChI=1S/C26H22O8/c1-3-4-8-19(28)34-12-17(27)13-9-10-14-16(11-13)25(31)21-22(23(14)29)26(32)20-15(24(21)30)6-5-7-18(20)33-2/h5-7,9-11,30,32H,3-4,8,12H2,1-2H3. The summed E-state index contributed by atoms with van der Waals surface area (Å²) in [6, 6.07) is 8.54. The van der Waals surface area contributed by atoms with Gasteiger partial charge in [-0.1, -0.05) is 31.5 Å². The van der Waals surface area contributed by atoms with Crippen molar-refractivity contribution in [1.29, 1.82) is 0 Å². The van der Waals surface area contributed by atoms with E-state index in [-0.39, 0.29) is 50.8 Å². The molecule has 34 heavy (non-hydrogen) atoms. The van der Waals surface area contributed by atoms with Crippen LogP contribution in [0.15, 0.2) is 36.4 Å². The number of ketones is 3. The van der Waals surface area contributed by atoms with Crippen molar-refractivity contribution in [2.24, 2.45) is 0 Å². The lowest BCUT2D eigenvalue weighted by molar-refractivity contribution is -0.142. The number of fused-ring (bicyclic) bond motifs is 3. The van der Waals surface area contributed by atoms with Gasteiger partial charge >= 0.3 is 5.97 Å². The van der Waals surface area contributed by atoms with E-state index < -0.39 is 41.4 Å². The first-order chi connectivity index (χ1) is 16.3. The van der Waals surface area contributed by atoms with Crippen LogP contribution in [-0.2, 0) is 9.53 Å². The minimum absolute atomic E-state index is 0.0158. The van der Waals surface area contributed by atoms with Crippen molar-refractivity contribution in [3.8, 4) is 17.2 Å². The molecule has 0 radical (unpaired) electrons. The van der Waals surface area contributed by atoms with Gasteiger partial charge in [-0.2, -0.15) is 0 Å². The first-order valence-corrected chi connectivity index (χ1v) is 10.8. The highest BCUT2D eigenvalue weighted by atomic mass is 16.5. The Labute approximate surface area is 194 Å². The number of hydrogen-bond donors (Lipinski definition) is 2. The van der Waals surface area contributed by atoms with Gasteiger partial charge in [0.05, 0.1) is 23.6 Å². The van der Waals surface area contributed by atoms with Crippen molar-refractivity contribution in [1.82, 2.24) is 0 Å². The molecular formula is C26H22O8. The fourth-order valence-electron chi connectivity index (χ4n) is 4.08. The van der Waals surface area contributed by atoms with Gasteiger partial charge in [-0.3, -0.25) is 19.2 Å². The molecule has 2 N–H and O–H groups in total. The summed E-state index contributed by atoms with van der Waals surface area (Å²) in [4.78, 5) is 50.8. The van der Waals surface area contributed by atoms with Crippen molar-refractivity contribution >= 4 is 34.1 Å². The number of hydrogen-bond acceptors (Lipinski definition) is 8. The summed E-state index contributed by atoms with van der Waals surface area (Å²) in [7, 11) is 1.38. The lowest BCUT2D eigenvalue weighted by Gasteiger charge is -2.22. The lowest BCUT2D eigenvalue weighted by atomic mass is 9.80. The lowest BCUT2D eigenvalue weighted by Crippen LogP contribution is -2.23. The third-order valence-electron chi connectivity index (χ3n) is 5.85. The molecule has 8 heteroatoms. The Hall–Kier alpha value is -4.20. The van der Waals surface area contributed by atoms with Crippen molar-refractivity contribution in [3.63, 3.8) is 0 Å². The summed E-state index contributed by atoms with van der Waals surface area (Å²) in [6.07, 6.45) is 1.67. The number of unbranched alkanes of at least 4 members (excludes halogenated alkanes) is 1. The number of ether oxygens (including phenoxy) is 2. The number of methoxy groups -OCH3 is 1. The molecule has 0 fully saturated rings. The molecule has 3 aromatic rings. The van der Waals surface area contributed by atoms with Gasteiger partial charge in [0.1, 0.15) is 17.2 Å². The van der Waals surface area contributed by atoms with Gasteiger partial charge in [-0.05, 0) is 24.6 Å². The number of esters is 1. The number of phenols is 2. The minimum atomic E-state index is -0.711. The van der Waals surface area contributed by atoms with Gasteiger partial charge in [0.15, 0.2) is 24.0 Å². The van der Waals surface area contributed by atoms with Crippen LogP contribution in [0, 0.1) is 0 Å². The molecular weight excluding hydrogens is 440 g/mol. The van der Waals surface area contributed by atoms with E-state index in [0.717, 1.165) is 6.42 Å². The highest BCUT2D eigenvalue weighted by Crippen LogP contribution is 2.47. The molecule has 3 aromatic carbocycles. The first-order valence-electron chi connectivity index (χ1n) is 10.8. The molecule has 0 atom stereocenters. The van der Waals surface area contributed by atoms with Crippen LogP contribution in [-0.4, -0.2) is 47.2 Å². The number of phenolic OH excluding ortho intramolecular Hbond substituents is 2. The Morgan fingerprint density at radius 1 is 0.941 bits per heavy atom. The number of benzene rings is 3. The molecule has 1 aliphatic carbocycles. The number of carbonyl (C=O) groups excluding carboxylic acids is 4. The Kier molecular flexibility index (Phi) is 6.06. The van der Waals surface area contributed by atoms with Crippen LogP contribution in [0.5, 0.6) is 17.2 Å². The maximum absolute atomic E-state index is 13.3. The van der Waals surface area contributed by atoms with E-state index in [2.05, 4.69) is 0 Å². The third-order valence-corrected chi connectivity index (χ3v) is 5.85. The monoisotopic (exact) mass is 462 g/mol. The topological polar surface area (TPSA) is 127 Å². The molecule has 0 spiro atoms. The second-order valence-electron chi connectivity index (χ2n) is 7.94. The number of carbonyl (C=O) groups is 4. The van der Waals surface area contributed by atoms with Gasteiger partial charge in [0.2, 0.25) is 0 Å². The Balaban J connectivity index is 1.75. The summed E-state index contributed by atoms with van der Waals surface area (Å²) in [5.74, 6) is -3.11. The normalized spacial score (nSPS) is 12.3. The fraction of sp³-hybridized carbons (Fsp3) is 0.231. The molecule has 0 aliphatic heterocycles. The van der Waals surface area contributed by atoms with Gasteiger partial charge < -0.3 is 19.7 Å². The van der Waals surface area contributed by atoms with Crippen molar-refractivity contribution < 1.29 is 38.9 Å². The third kappa shape index (κ3) is 3.67. The molecule has 4 rings (SSSR count). The molecule has 1 aliphatic rings. The van der Waals surface area contributed by atoms with E-state index >= 15 is 0 Å². The number of Topliss-reactive ketones (excluding diaryl/α,β-unsaturated/α-hetero) is 1. The van der Waals surface area contributed by atoms with Crippen LogP contribution in [0.3, 0.4) is 0 Å². The largest absolute Gasteiger partial charge is 0.506 e. The summed E-state index contributed by atoms with van der Waals surface area (Å²) >= 11 is 0. The predicted octanol–water partition coefficient (Wildman–Crippen LogP) is 3.95. The highest BCUT2D eigenvalue weighted by molar-refractivity contribution is 6.33. The Morgan fingerprint density at radius 2 is 1.65 bits per heavy atom. The van der Waals surface area contributed by atoms with Crippen LogP contribution in [0.1, 0.15) is 68.4 Å². The second kappa shape index (κ2) is 8.97. The number of rotatable bonds is 7. The van der Waals surface area contributed by atoms with Gasteiger partial charge in [-0.25, -0.2) is 0 Å². The number of aromatic hydroxyl groups is 2. The predicted molar refractivity (Wildman–Crippen MR) is 122 cm³/mol. The van der Waals surface area contributed by atoms with Crippen LogP contribution < -0.4 is 4.74 Å². The average Bonchev–Trinajstić information content (AvgIpc) is 2.85. The zero-order valence-corrected chi connectivity index (χ0v) is 18.6. The molecule has 0 bridgehead atoms. The molecule has 174 valence electrons. The zero-order valence-electron chi connectivity index (χ0n) is 18.6. The molecule has 0 amide bonds. The second-order valence-corrected chi connectivity index (χ2v) is 7.94. The van der Waals surface area contributed by atoms with Crippen LogP contribution >= 0.6 is 0 Å². The van der Waals surface area contributed by atoms with E-state index in [9.17, 15) is 29.4 Å². The summed E-state index contributed by atoms with van der Waals surface area (Å²) in [5, 5.41) is 22.0. The first kappa shape index (κ1) is 23.0. The van der Waals surface area contributed by atoms with E-state index in [4.69, 9.17) is 9.47 Å². The highest BCUT2D eigenvalue weighted by Gasteiger charge is 2.37. The molecule has 0 saturated carbocycles. The quantitative estimate of drug-likeness (QED) is 0.240. The zero-order chi connectivity index (χ0) is 24.6. The maximum Gasteiger partial charge on any atom is 0.306 e. The van der Waals surface area contributed by atoms with E-state index in [1.807, 2.05) is 6.92 Å². The van der Waals surface area contributed by atoms with E-state index in [1.54, 1.807) is 12.1 Å². The summed E-state index contributed by atoms with van der Waals surface area (Å²) in [6.45, 7) is 1.44. The molecule has 8 nitrogen and oxygen atoms in total. The van der Waals surface area contributed by atoms with Gasteiger partial charge in [0.25, 0.3) is 0 Å². The van der Waals surface area contributed by atoms with Gasteiger partial charge in [0, 0.05) is 28.5 Å². The van der Waals surface area contributed by atoms with Crippen LogP contribution in [0.2, 0.25) is 0 Å². The molecule has 0 saturated heterocycles. The van der Waals surface area contributed by atoms with Crippen LogP contribution in [0.4, 0.5) is 0 Å². The van der Waals surface area contributed by atoms with Crippen molar-refractivity contribution in [3.05, 3.63) is 64.2 Å². The molecule has 0 unspecified atom stereocenters. The molecule has 0 heterocycles. The summed E-state index contributed by atoms with van der Waals surface area (Å²) < 4.78 is 10.2. The summed E-state index contributed by atoms with van der Waals surface area (Å²) in [5.41, 5.74) is -0.685. The van der Waals surface area contributed by atoms with E-state index in [0.29, 0.717) is 6.42 Å². The minimum Gasteiger partial charge on any atom is -0.506 e. The molecule has 0 aromatic heterocycles. The Bertz CT molecular complexity index is 1370. The smallest absolute Gasteiger partial charge is 0.306 e. The average molecular weight is 462 g/mol. The van der Waals surface area contributed by atoms with Gasteiger partial charge in [-0.15, -0.1) is 0 Å². The van der Waals surface area contributed by atoms with Crippen molar-refractivity contribution in [2.45, 2.75) is 26.2 Å². The Morgan fingerprint density at radius 3 is 2.35 bits per heavy atom. The fourth-order valence-corrected chi connectivity index (χ4v) is 4.08. The SMILES string of the molecule is CCCCC(=O)OCC(=O)c1ccc2c(c1)C(=O)c1c(c(O)c3c(OC)cccc3c1O)C2=O. The van der Waals surface area contributed by atoms with Crippen LogP contribution in [0.25, 0.3) is 10.8 Å². The van der Waals surface area contributed by atoms with Crippen molar-refractivity contribution in [2.75, 3.05) is 13.7 Å². The van der Waals surface area contributed by atoms with E-state index in [1.165, 1.54) is 31.4 Å².